The smallest absolute Gasteiger partial charge is 0.225 e. The fourth-order valence-corrected chi connectivity index (χ4v) is 4.05. The van der Waals surface area contributed by atoms with Gasteiger partial charge in [-0.1, -0.05) is 39.0 Å². The lowest BCUT2D eigenvalue weighted by Gasteiger charge is -2.40. The topological polar surface area (TPSA) is 64.3 Å². The summed E-state index contributed by atoms with van der Waals surface area (Å²) < 4.78 is 6.16. The van der Waals surface area contributed by atoms with Crippen molar-refractivity contribution in [2.45, 2.75) is 89.2 Å². The van der Waals surface area contributed by atoms with Gasteiger partial charge in [-0.05, 0) is 39.0 Å². The Kier molecular flexibility index (Phi) is 6.27. The van der Waals surface area contributed by atoms with Crippen LogP contribution in [0.25, 0.3) is 0 Å². The van der Waals surface area contributed by atoms with Crippen molar-refractivity contribution >= 4 is 5.91 Å². The highest BCUT2D eigenvalue weighted by molar-refractivity contribution is 5.80. The molecule has 0 spiro atoms. The quantitative estimate of drug-likeness (QED) is 0.792. The third-order valence-corrected chi connectivity index (χ3v) is 5.53. The monoisotopic (exact) mass is 310 g/mol. The highest BCUT2D eigenvalue weighted by atomic mass is 16.5. The predicted molar refractivity (Wildman–Crippen MR) is 89.6 cm³/mol. The van der Waals surface area contributed by atoms with Crippen LogP contribution in [0.5, 0.6) is 0 Å². The third kappa shape index (κ3) is 4.45. The molecule has 2 rings (SSSR count). The van der Waals surface area contributed by atoms with E-state index in [9.17, 15) is 4.79 Å². The molecule has 0 saturated heterocycles. The van der Waals surface area contributed by atoms with Gasteiger partial charge in [0, 0.05) is 18.7 Å². The van der Waals surface area contributed by atoms with E-state index in [0.717, 1.165) is 51.6 Å². The maximum atomic E-state index is 12.6. The molecule has 0 aliphatic heterocycles. The number of hydrogen-bond donors (Lipinski definition) is 2. The molecule has 3 N–H and O–H groups in total. The molecular weight excluding hydrogens is 276 g/mol. The number of hydrogen-bond acceptors (Lipinski definition) is 3. The van der Waals surface area contributed by atoms with Crippen LogP contribution in [0.15, 0.2) is 0 Å². The van der Waals surface area contributed by atoms with Gasteiger partial charge in [-0.15, -0.1) is 0 Å². The van der Waals surface area contributed by atoms with Crippen molar-refractivity contribution in [3.8, 4) is 0 Å². The van der Waals surface area contributed by atoms with Crippen LogP contribution in [-0.2, 0) is 9.53 Å². The lowest BCUT2D eigenvalue weighted by Crippen LogP contribution is -2.55. The van der Waals surface area contributed by atoms with E-state index in [1.807, 2.05) is 6.92 Å². The summed E-state index contributed by atoms with van der Waals surface area (Å²) in [5, 5.41) is 3.18. The van der Waals surface area contributed by atoms with Crippen molar-refractivity contribution in [2.75, 3.05) is 13.2 Å². The Bertz CT molecular complexity index is 362. The molecule has 0 bridgehead atoms. The summed E-state index contributed by atoms with van der Waals surface area (Å²) >= 11 is 0. The van der Waals surface area contributed by atoms with Crippen LogP contribution < -0.4 is 11.1 Å². The van der Waals surface area contributed by atoms with Gasteiger partial charge in [0.25, 0.3) is 0 Å². The van der Waals surface area contributed by atoms with Crippen molar-refractivity contribution in [3.05, 3.63) is 0 Å². The first kappa shape index (κ1) is 17.7. The second-order valence-corrected chi connectivity index (χ2v) is 7.61. The van der Waals surface area contributed by atoms with E-state index in [1.54, 1.807) is 0 Å². The fourth-order valence-electron chi connectivity index (χ4n) is 4.05. The number of amides is 1. The van der Waals surface area contributed by atoms with Crippen LogP contribution >= 0.6 is 0 Å². The van der Waals surface area contributed by atoms with E-state index >= 15 is 0 Å². The molecule has 2 aliphatic rings. The first-order chi connectivity index (χ1) is 10.5. The molecule has 2 unspecified atom stereocenters. The average molecular weight is 310 g/mol. The van der Waals surface area contributed by atoms with Gasteiger partial charge in [-0.25, -0.2) is 0 Å². The van der Waals surface area contributed by atoms with Crippen molar-refractivity contribution < 1.29 is 9.53 Å². The van der Waals surface area contributed by atoms with Gasteiger partial charge in [0.05, 0.1) is 11.5 Å². The normalized spacial score (nSPS) is 31.7. The molecule has 0 aromatic rings. The van der Waals surface area contributed by atoms with Crippen molar-refractivity contribution in [3.63, 3.8) is 0 Å². The van der Waals surface area contributed by atoms with Crippen LogP contribution in [0.1, 0.15) is 78.1 Å². The molecule has 1 amide bonds. The van der Waals surface area contributed by atoms with Crippen LogP contribution in [-0.4, -0.2) is 30.2 Å². The number of carbonyl (C=O) groups excluding carboxylic acids is 1. The molecule has 0 aromatic carbocycles. The van der Waals surface area contributed by atoms with Crippen molar-refractivity contribution in [1.29, 1.82) is 0 Å². The predicted octanol–water partition coefficient (Wildman–Crippen LogP) is 3.14. The van der Waals surface area contributed by atoms with Crippen molar-refractivity contribution in [1.82, 2.24) is 5.32 Å². The Morgan fingerprint density at radius 1 is 1.18 bits per heavy atom. The van der Waals surface area contributed by atoms with Gasteiger partial charge in [0.1, 0.15) is 0 Å². The van der Waals surface area contributed by atoms with Crippen molar-refractivity contribution in [2.24, 2.45) is 11.7 Å². The Morgan fingerprint density at radius 2 is 1.86 bits per heavy atom. The zero-order chi connectivity index (χ0) is 16.1. The maximum absolute atomic E-state index is 12.6. The minimum Gasteiger partial charge on any atom is -0.373 e. The fraction of sp³-hybridized carbons (Fsp3) is 0.944. The molecule has 2 fully saturated rings. The molecule has 2 atom stereocenters. The molecule has 0 heterocycles. The zero-order valence-corrected chi connectivity index (χ0v) is 14.5. The second-order valence-electron chi connectivity index (χ2n) is 7.61. The number of nitrogens with two attached hydrogens (primary N) is 1. The first-order valence-corrected chi connectivity index (χ1v) is 9.20. The number of ether oxygens (including phenoxy) is 1. The van der Waals surface area contributed by atoms with Gasteiger partial charge in [-0.3, -0.25) is 4.79 Å². The minimum atomic E-state index is -0.355. The molecule has 2 aliphatic carbocycles. The van der Waals surface area contributed by atoms with E-state index in [2.05, 4.69) is 12.2 Å². The molecule has 22 heavy (non-hydrogen) atoms. The third-order valence-electron chi connectivity index (χ3n) is 5.53. The van der Waals surface area contributed by atoms with Crippen LogP contribution in [0, 0.1) is 5.92 Å². The van der Waals surface area contributed by atoms with Gasteiger partial charge in [-0.2, -0.15) is 0 Å². The van der Waals surface area contributed by atoms with Crippen LogP contribution in [0.4, 0.5) is 0 Å². The molecule has 4 nitrogen and oxygen atoms in total. The standard InChI is InChI=1S/C18H34N2O2/c1-3-13-22-18(11-6-4-7-12-18)14-20-16(21)15-9-5-8-10-17(15,2)19/h15H,3-14,19H2,1-2H3,(H,20,21). The lowest BCUT2D eigenvalue weighted by atomic mass is 9.74. The van der Waals surface area contributed by atoms with E-state index in [4.69, 9.17) is 10.5 Å². The summed E-state index contributed by atoms with van der Waals surface area (Å²) in [6, 6.07) is 0. The summed E-state index contributed by atoms with van der Waals surface area (Å²) in [5.74, 6) is 0.0859. The number of nitrogens with one attached hydrogen (secondary N) is 1. The molecule has 2 saturated carbocycles. The van der Waals surface area contributed by atoms with E-state index < -0.39 is 0 Å². The SMILES string of the molecule is CCCOC1(CNC(=O)C2CCCCC2(C)N)CCCCC1. The summed E-state index contributed by atoms with van der Waals surface area (Å²) in [5.41, 5.74) is 5.86. The number of carbonyl (C=O) groups is 1. The lowest BCUT2D eigenvalue weighted by molar-refractivity contribution is -0.131. The molecule has 0 aromatic heterocycles. The Labute approximate surface area is 135 Å². The van der Waals surface area contributed by atoms with Crippen LogP contribution in [0.3, 0.4) is 0 Å². The van der Waals surface area contributed by atoms with Crippen LogP contribution in [0.2, 0.25) is 0 Å². The summed E-state index contributed by atoms with van der Waals surface area (Å²) in [7, 11) is 0. The van der Waals surface area contributed by atoms with Gasteiger partial charge in [0.2, 0.25) is 5.91 Å². The molecule has 0 radical (unpaired) electrons. The van der Waals surface area contributed by atoms with Gasteiger partial charge in [0.15, 0.2) is 0 Å². The molecule has 4 heteroatoms. The van der Waals surface area contributed by atoms with E-state index in [0.29, 0.717) is 6.54 Å². The highest BCUT2D eigenvalue weighted by Gasteiger charge is 2.39. The maximum Gasteiger partial charge on any atom is 0.225 e. The largest absolute Gasteiger partial charge is 0.373 e. The second kappa shape index (κ2) is 7.78. The number of rotatable bonds is 6. The summed E-state index contributed by atoms with van der Waals surface area (Å²) in [6.07, 6.45) is 11.0. The van der Waals surface area contributed by atoms with E-state index in [-0.39, 0.29) is 23.0 Å². The average Bonchev–Trinajstić information content (AvgIpc) is 2.51. The van der Waals surface area contributed by atoms with E-state index in [1.165, 1.54) is 19.3 Å². The molecule has 128 valence electrons. The van der Waals surface area contributed by atoms with Gasteiger partial charge < -0.3 is 15.8 Å². The highest BCUT2D eigenvalue weighted by Crippen LogP contribution is 2.33. The molecular formula is C18H34N2O2. The summed E-state index contributed by atoms with van der Waals surface area (Å²) in [4.78, 5) is 12.6. The summed E-state index contributed by atoms with van der Waals surface area (Å²) in [6.45, 7) is 5.60. The van der Waals surface area contributed by atoms with Gasteiger partial charge >= 0.3 is 0 Å². The Hall–Kier alpha value is -0.610. The Morgan fingerprint density at radius 3 is 2.50 bits per heavy atom. The Balaban J connectivity index is 1.92. The minimum absolute atomic E-state index is 0.0481. The first-order valence-electron chi connectivity index (χ1n) is 9.20. The zero-order valence-electron chi connectivity index (χ0n) is 14.5.